The van der Waals surface area contributed by atoms with E-state index in [4.69, 9.17) is 5.11 Å². The molecule has 1 N–H and O–H groups in total. The van der Waals surface area contributed by atoms with Crippen LogP contribution in [0.25, 0.3) is 0 Å². The van der Waals surface area contributed by atoms with E-state index < -0.39 is 0 Å². The van der Waals surface area contributed by atoms with E-state index in [1.54, 1.807) is 12.1 Å². The summed E-state index contributed by atoms with van der Waals surface area (Å²) in [5.41, 5.74) is 1.32. The molecule has 0 amide bonds. The molecular weight excluding hydrogens is 131 g/mol. The Morgan fingerprint density at radius 1 is 1.50 bits per heavy atom. The Hall–Kier alpha value is -0.890. The van der Waals surface area contributed by atoms with Crippen molar-refractivity contribution < 1.29 is 9.50 Å². The van der Waals surface area contributed by atoms with Crippen molar-refractivity contribution in [1.29, 1.82) is 0 Å². The van der Waals surface area contributed by atoms with Gasteiger partial charge < -0.3 is 5.11 Å². The molecule has 1 aromatic rings. The van der Waals surface area contributed by atoms with E-state index in [-0.39, 0.29) is 12.4 Å². The fraction of sp³-hybridized carbons (Fsp3) is 0.250. The SMILES string of the molecule is Cc1ccc(F)c(CO)c1. The fourth-order valence-electron chi connectivity index (χ4n) is 0.825. The largest absolute Gasteiger partial charge is 0.392 e. The van der Waals surface area contributed by atoms with E-state index in [1.165, 1.54) is 6.07 Å². The Morgan fingerprint density at radius 2 is 2.20 bits per heavy atom. The number of aliphatic hydroxyl groups excluding tert-OH is 1. The maximum atomic E-state index is 12.6. The lowest BCUT2D eigenvalue weighted by atomic mass is 10.1. The van der Waals surface area contributed by atoms with Gasteiger partial charge in [0.2, 0.25) is 0 Å². The highest BCUT2D eigenvalue weighted by molar-refractivity contribution is 5.23. The topological polar surface area (TPSA) is 20.2 Å². The number of aryl methyl sites for hydroxylation is 1. The van der Waals surface area contributed by atoms with Crippen LogP contribution in [0.2, 0.25) is 0 Å². The average Bonchev–Trinajstić information content (AvgIpc) is 1.94. The van der Waals surface area contributed by atoms with Gasteiger partial charge in [0.25, 0.3) is 0 Å². The number of rotatable bonds is 1. The lowest BCUT2D eigenvalue weighted by Gasteiger charge is -1.98. The van der Waals surface area contributed by atoms with Crippen LogP contribution >= 0.6 is 0 Å². The number of hydrogen-bond donors (Lipinski definition) is 1. The predicted octanol–water partition coefficient (Wildman–Crippen LogP) is 1.63. The molecule has 0 spiro atoms. The maximum absolute atomic E-state index is 12.6. The summed E-state index contributed by atoms with van der Waals surface area (Å²) in [4.78, 5) is 0. The van der Waals surface area contributed by atoms with Crippen LogP contribution in [0.1, 0.15) is 11.1 Å². The third-order valence-electron chi connectivity index (χ3n) is 1.37. The van der Waals surface area contributed by atoms with Gasteiger partial charge in [-0.1, -0.05) is 17.7 Å². The van der Waals surface area contributed by atoms with E-state index in [0.717, 1.165) is 5.56 Å². The first kappa shape index (κ1) is 7.22. The van der Waals surface area contributed by atoms with Crippen molar-refractivity contribution in [2.45, 2.75) is 13.5 Å². The minimum Gasteiger partial charge on any atom is -0.392 e. The average molecular weight is 140 g/mol. The minimum atomic E-state index is -0.340. The molecule has 0 bridgehead atoms. The zero-order chi connectivity index (χ0) is 7.56. The van der Waals surface area contributed by atoms with Gasteiger partial charge in [-0.2, -0.15) is 0 Å². The van der Waals surface area contributed by atoms with Crippen molar-refractivity contribution in [1.82, 2.24) is 0 Å². The first-order valence-electron chi connectivity index (χ1n) is 3.10. The zero-order valence-corrected chi connectivity index (χ0v) is 5.76. The molecule has 1 rings (SSSR count). The van der Waals surface area contributed by atoms with Crippen molar-refractivity contribution in [3.05, 3.63) is 35.1 Å². The van der Waals surface area contributed by atoms with Crippen LogP contribution in [0.4, 0.5) is 4.39 Å². The number of benzene rings is 1. The van der Waals surface area contributed by atoms with Gasteiger partial charge in [0.15, 0.2) is 0 Å². The van der Waals surface area contributed by atoms with Gasteiger partial charge in [-0.15, -0.1) is 0 Å². The van der Waals surface area contributed by atoms with Gasteiger partial charge in [0.1, 0.15) is 5.82 Å². The van der Waals surface area contributed by atoms with E-state index >= 15 is 0 Å². The Labute approximate surface area is 59.1 Å². The molecule has 0 aliphatic rings. The first-order valence-corrected chi connectivity index (χ1v) is 3.10. The van der Waals surface area contributed by atoms with Crippen LogP contribution in [0, 0.1) is 12.7 Å². The Morgan fingerprint density at radius 3 is 2.70 bits per heavy atom. The highest BCUT2D eigenvalue weighted by Gasteiger charge is 1.98. The molecule has 0 saturated heterocycles. The highest BCUT2D eigenvalue weighted by Crippen LogP contribution is 2.08. The molecule has 10 heavy (non-hydrogen) atoms. The van der Waals surface area contributed by atoms with Crippen molar-refractivity contribution in [2.75, 3.05) is 0 Å². The Balaban J connectivity index is 3.09. The molecule has 0 fully saturated rings. The lowest BCUT2D eigenvalue weighted by molar-refractivity contribution is 0.275. The molecule has 0 radical (unpaired) electrons. The van der Waals surface area contributed by atoms with Crippen LogP contribution in [0.5, 0.6) is 0 Å². The quantitative estimate of drug-likeness (QED) is 0.628. The van der Waals surface area contributed by atoms with E-state index in [0.29, 0.717) is 5.56 Å². The summed E-state index contributed by atoms with van der Waals surface area (Å²) < 4.78 is 12.6. The summed E-state index contributed by atoms with van der Waals surface area (Å²) >= 11 is 0. The molecule has 0 saturated carbocycles. The van der Waals surface area contributed by atoms with E-state index in [1.807, 2.05) is 6.92 Å². The predicted molar refractivity (Wildman–Crippen MR) is 37.1 cm³/mol. The molecule has 0 aliphatic carbocycles. The second kappa shape index (κ2) is 2.80. The smallest absolute Gasteiger partial charge is 0.128 e. The van der Waals surface area contributed by atoms with Crippen LogP contribution < -0.4 is 0 Å². The van der Waals surface area contributed by atoms with Gasteiger partial charge in [-0.25, -0.2) is 4.39 Å². The number of hydrogen-bond acceptors (Lipinski definition) is 1. The minimum absolute atomic E-state index is 0.229. The van der Waals surface area contributed by atoms with Crippen LogP contribution in [0.3, 0.4) is 0 Å². The standard InChI is InChI=1S/C8H9FO/c1-6-2-3-8(9)7(4-6)5-10/h2-4,10H,5H2,1H3. The summed E-state index contributed by atoms with van der Waals surface area (Å²) in [7, 11) is 0. The van der Waals surface area contributed by atoms with Crippen LogP contribution in [-0.2, 0) is 6.61 Å². The van der Waals surface area contributed by atoms with Crippen LogP contribution in [-0.4, -0.2) is 5.11 Å². The second-order valence-electron chi connectivity index (χ2n) is 2.25. The molecule has 54 valence electrons. The third-order valence-corrected chi connectivity index (χ3v) is 1.37. The summed E-state index contributed by atoms with van der Waals surface area (Å²) in [6, 6.07) is 4.67. The summed E-state index contributed by atoms with van der Waals surface area (Å²) in [6.07, 6.45) is 0. The molecule has 1 nitrogen and oxygen atoms in total. The number of aliphatic hydroxyl groups is 1. The van der Waals surface area contributed by atoms with Crippen molar-refractivity contribution in [2.24, 2.45) is 0 Å². The zero-order valence-electron chi connectivity index (χ0n) is 5.76. The normalized spacial score (nSPS) is 9.90. The van der Waals surface area contributed by atoms with Gasteiger partial charge in [-0.3, -0.25) is 0 Å². The fourth-order valence-corrected chi connectivity index (χ4v) is 0.825. The second-order valence-corrected chi connectivity index (χ2v) is 2.25. The van der Waals surface area contributed by atoms with Gasteiger partial charge in [0.05, 0.1) is 6.61 Å². The Kier molecular flexibility index (Phi) is 2.02. The van der Waals surface area contributed by atoms with Crippen molar-refractivity contribution in [3.63, 3.8) is 0 Å². The molecule has 0 unspecified atom stereocenters. The molecule has 0 aromatic heterocycles. The molecular formula is C8H9FO. The maximum Gasteiger partial charge on any atom is 0.128 e. The molecule has 0 heterocycles. The first-order chi connectivity index (χ1) is 4.74. The van der Waals surface area contributed by atoms with Crippen molar-refractivity contribution >= 4 is 0 Å². The van der Waals surface area contributed by atoms with Gasteiger partial charge in [0, 0.05) is 5.56 Å². The lowest BCUT2D eigenvalue weighted by Crippen LogP contribution is -1.89. The molecule has 0 atom stereocenters. The Bertz CT molecular complexity index is 233. The summed E-state index contributed by atoms with van der Waals surface area (Å²) in [6.45, 7) is 1.63. The third kappa shape index (κ3) is 1.33. The van der Waals surface area contributed by atoms with Gasteiger partial charge >= 0.3 is 0 Å². The monoisotopic (exact) mass is 140 g/mol. The number of halogens is 1. The van der Waals surface area contributed by atoms with E-state index in [9.17, 15) is 4.39 Å². The van der Waals surface area contributed by atoms with Gasteiger partial charge in [-0.05, 0) is 13.0 Å². The van der Waals surface area contributed by atoms with Crippen molar-refractivity contribution in [3.8, 4) is 0 Å². The molecule has 2 heteroatoms. The molecule has 1 aromatic carbocycles. The van der Waals surface area contributed by atoms with E-state index in [2.05, 4.69) is 0 Å². The van der Waals surface area contributed by atoms with Crippen LogP contribution in [0.15, 0.2) is 18.2 Å². The summed E-state index contributed by atoms with van der Waals surface area (Å²) in [5, 5.41) is 8.60. The summed E-state index contributed by atoms with van der Waals surface area (Å²) in [5.74, 6) is -0.340. The molecule has 0 aliphatic heterocycles. The highest BCUT2D eigenvalue weighted by atomic mass is 19.1.